The lowest BCUT2D eigenvalue weighted by atomic mass is 10.3. The zero-order valence-corrected chi connectivity index (χ0v) is 18.5. The lowest BCUT2D eigenvalue weighted by Crippen LogP contribution is -2.43. The first kappa shape index (κ1) is 22.1. The second-order valence-corrected chi connectivity index (χ2v) is 7.58. The average molecular weight is 451 g/mol. The number of fused-ring (bicyclic) bond motifs is 1. The van der Waals surface area contributed by atoms with Gasteiger partial charge in [-0.15, -0.1) is 0 Å². The van der Waals surface area contributed by atoms with Crippen LogP contribution in [0.1, 0.15) is 25.5 Å². The Morgan fingerprint density at radius 2 is 2.03 bits per heavy atom. The molecule has 0 saturated carbocycles. The van der Waals surface area contributed by atoms with Crippen LogP contribution in [0.15, 0.2) is 63.0 Å². The number of furan rings is 1. The summed E-state index contributed by atoms with van der Waals surface area (Å²) in [6, 6.07) is 10.4. The van der Waals surface area contributed by atoms with Crippen LogP contribution in [0.25, 0.3) is 11.2 Å². The second kappa shape index (κ2) is 9.60. The molecule has 0 aliphatic heterocycles. The number of rotatable bonds is 9. The molecule has 0 atom stereocenters. The van der Waals surface area contributed by atoms with Crippen LogP contribution in [0, 0.1) is 0 Å². The van der Waals surface area contributed by atoms with Gasteiger partial charge in [-0.05, 0) is 30.7 Å². The number of aromatic nitrogens is 4. The standard InChI is InChI=1S/C23H25N5O5/c1-3-4-10-27-21-20(26(15-24-21)13-18-9-6-11-33-18)22(30)28(23(27)31)14-19(29)25-16-7-5-8-17(12-16)32-2/h5-9,11-12,15H,3-4,10,13-14H2,1-2H3,(H,25,29). The van der Waals surface area contributed by atoms with Gasteiger partial charge in [-0.25, -0.2) is 14.3 Å². The topological polar surface area (TPSA) is 113 Å². The molecule has 4 aromatic rings. The van der Waals surface area contributed by atoms with E-state index in [4.69, 9.17) is 9.15 Å². The van der Waals surface area contributed by atoms with Gasteiger partial charge in [0.15, 0.2) is 11.2 Å². The Kier molecular flexibility index (Phi) is 6.43. The Morgan fingerprint density at radius 3 is 2.76 bits per heavy atom. The lowest BCUT2D eigenvalue weighted by Gasteiger charge is -2.12. The van der Waals surface area contributed by atoms with Crippen molar-refractivity contribution in [3.05, 3.63) is 75.6 Å². The molecule has 4 rings (SSSR count). The van der Waals surface area contributed by atoms with Crippen LogP contribution >= 0.6 is 0 Å². The molecule has 0 bridgehead atoms. The predicted octanol–water partition coefficient (Wildman–Crippen LogP) is 2.45. The van der Waals surface area contributed by atoms with E-state index < -0.39 is 23.7 Å². The highest BCUT2D eigenvalue weighted by atomic mass is 16.5. The van der Waals surface area contributed by atoms with Crippen molar-refractivity contribution in [2.45, 2.75) is 39.4 Å². The monoisotopic (exact) mass is 451 g/mol. The smallest absolute Gasteiger partial charge is 0.333 e. The fraction of sp³-hybridized carbons (Fsp3) is 0.304. The van der Waals surface area contributed by atoms with Gasteiger partial charge in [0, 0.05) is 18.3 Å². The highest BCUT2D eigenvalue weighted by Gasteiger charge is 2.20. The molecule has 3 heterocycles. The minimum Gasteiger partial charge on any atom is -0.497 e. The number of nitrogens with zero attached hydrogens (tertiary/aromatic N) is 4. The summed E-state index contributed by atoms with van der Waals surface area (Å²) in [7, 11) is 1.53. The molecule has 1 amide bonds. The third kappa shape index (κ3) is 4.59. The van der Waals surface area contributed by atoms with Gasteiger partial charge < -0.3 is 19.0 Å². The Bertz CT molecular complexity index is 1380. The largest absolute Gasteiger partial charge is 0.497 e. The van der Waals surface area contributed by atoms with Crippen LogP contribution in [0.3, 0.4) is 0 Å². The minimum atomic E-state index is -0.576. The highest BCUT2D eigenvalue weighted by Crippen LogP contribution is 2.17. The molecule has 3 aromatic heterocycles. The molecule has 1 N–H and O–H groups in total. The first-order valence-electron chi connectivity index (χ1n) is 10.7. The van der Waals surface area contributed by atoms with E-state index in [9.17, 15) is 14.4 Å². The Balaban J connectivity index is 1.73. The zero-order valence-electron chi connectivity index (χ0n) is 18.5. The summed E-state index contributed by atoms with van der Waals surface area (Å²) >= 11 is 0. The van der Waals surface area contributed by atoms with Crippen molar-refractivity contribution in [1.82, 2.24) is 18.7 Å². The van der Waals surface area contributed by atoms with Gasteiger partial charge in [0.1, 0.15) is 18.1 Å². The Hall–Kier alpha value is -4.08. The van der Waals surface area contributed by atoms with Crippen molar-refractivity contribution < 1.29 is 13.9 Å². The third-order valence-electron chi connectivity index (χ3n) is 5.28. The maximum atomic E-state index is 13.3. The minimum absolute atomic E-state index is 0.247. The zero-order chi connectivity index (χ0) is 23.4. The number of amides is 1. The van der Waals surface area contributed by atoms with Crippen molar-refractivity contribution >= 4 is 22.8 Å². The SMILES string of the molecule is CCCCn1c(=O)n(CC(=O)Nc2cccc(OC)c2)c(=O)c2c1ncn2Cc1ccco1. The summed E-state index contributed by atoms with van der Waals surface area (Å²) in [5.74, 6) is 0.721. The summed E-state index contributed by atoms with van der Waals surface area (Å²) in [6.45, 7) is 2.25. The van der Waals surface area contributed by atoms with E-state index in [1.54, 1.807) is 47.2 Å². The molecule has 0 unspecified atom stereocenters. The van der Waals surface area contributed by atoms with E-state index in [0.717, 1.165) is 17.4 Å². The number of carbonyl (C=O) groups is 1. The average Bonchev–Trinajstić information content (AvgIpc) is 3.47. The quantitative estimate of drug-likeness (QED) is 0.418. The highest BCUT2D eigenvalue weighted by molar-refractivity contribution is 5.90. The van der Waals surface area contributed by atoms with E-state index in [0.29, 0.717) is 29.4 Å². The molecule has 0 saturated heterocycles. The number of ether oxygens (including phenoxy) is 1. The van der Waals surface area contributed by atoms with Crippen LogP contribution < -0.4 is 21.3 Å². The number of carbonyl (C=O) groups excluding carboxylic acids is 1. The summed E-state index contributed by atoms with van der Waals surface area (Å²) in [5.41, 5.74) is -0.0917. The van der Waals surface area contributed by atoms with E-state index in [1.807, 2.05) is 6.92 Å². The van der Waals surface area contributed by atoms with E-state index in [2.05, 4.69) is 10.3 Å². The second-order valence-electron chi connectivity index (χ2n) is 7.58. The molecule has 10 nitrogen and oxygen atoms in total. The van der Waals surface area contributed by atoms with Crippen molar-refractivity contribution in [3.63, 3.8) is 0 Å². The summed E-state index contributed by atoms with van der Waals surface area (Å²) in [4.78, 5) is 43.6. The molecule has 172 valence electrons. The van der Waals surface area contributed by atoms with Crippen LogP contribution in [0.2, 0.25) is 0 Å². The van der Waals surface area contributed by atoms with E-state index >= 15 is 0 Å². The summed E-state index contributed by atoms with van der Waals surface area (Å²) in [5, 5.41) is 2.71. The molecule has 0 radical (unpaired) electrons. The van der Waals surface area contributed by atoms with Crippen molar-refractivity contribution in [1.29, 1.82) is 0 Å². The fourth-order valence-corrected chi connectivity index (χ4v) is 3.63. The number of aryl methyl sites for hydroxylation is 1. The Labute approximate surface area is 189 Å². The molecule has 0 fully saturated rings. The molecule has 0 aliphatic carbocycles. The van der Waals surface area contributed by atoms with Crippen LogP contribution in [-0.4, -0.2) is 31.7 Å². The van der Waals surface area contributed by atoms with Crippen molar-refractivity contribution in [2.24, 2.45) is 0 Å². The molecule has 0 spiro atoms. The van der Waals surface area contributed by atoms with Gasteiger partial charge in [-0.3, -0.25) is 14.2 Å². The third-order valence-corrected chi connectivity index (χ3v) is 5.28. The predicted molar refractivity (Wildman–Crippen MR) is 123 cm³/mol. The number of nitrogens with one attached hydrogen (secondary N) is 1. The first-order valence-corrected chi connectivity index (χ1v) is 10.7. The first-order chi connectivity index (χ1) is 16.0. The number of hydrogen-bond donors (Lipinski definition) is 1. The number of benzene rings is 1. The van der Waals surface area contributed by atoms with Gasteiger partial charge in [0.25, 0.3) is 5.56 Å². The van der Waals surface area contributed by atoms with Gasteiger partial charge >= 0.3 is 5.69 Å². The molecule has 10 heteroatoms. The maximum Gasteiger partial charge on any atom is 0.333 e. The van der Waals surface area contributed by atoms with Crippen LogP contribution in [0.4, 0.5) is 5.69 Å². The number of imidazole rings is 1. The van der Waals surface area contributed by atoms with Gasteiger partial charge in [-0.1, -0.05) is 19.4 Å². The summed E-state index contributed by atoms with van der Waals surface area (Å²) < 4.78 is 14.6. The van der Waals surface area contributed by atoms with Crippen molar-refractivity contribution in [2.75, 3.05) is 12.4 Å². The number of anilines is 1. The molecular weight excluding hydrogens is 426 g/mol. The van der Waals surface area contributed by atoms with Gasteiger partial charge in [-0.2, -0.15) is 0 Å². The van der Waals surface area contributed by atoms with E-state index in [1.165, 1.54) is 18.0 Å². The van der Waals surface area contributed by atoms with Gasteiger partial charge in [0.2, 0.25) is 5.91 Å². The molecular formula is C23H25N5O5. The Morgan fingerprint density at radius 1 is 1.18 bits per heavy atom. The maximum absolute atomic E-state index is 13.3. The summed E-state index contributed by atoms with van der Waals surface area (Å²) in [6.07, 6.45) is 4.65. The number of methoxy groups -OCH3 is 1. The molecule has 0 aliphatic rings. The van der Waals surface area contributed by atoms with Crippen LogP contribution in [0.5, 0.6) is 5.75 Å². The number of unbranched alkanes of at least 4 members (excludes halogenated alkanes) is 1. The molecule has 33 heavy (non-hydrogen) atoms. The fourth-order valence-electron chi connectivity index (χ4n) is 3.63. The van der Waals surface area contributed by atoms with Gasteiger partial charge in [0.05, 0.1) is 26.2 Å². The molecule has 1 aromatic carbocycles. The van der Waals surface area contributed by atoms with Crippen molar-refractivity contribution in [3.8, 4) is 5.75 Å². The normalized spacial score (nSPS) is 11.1. The lowest BCUT2D eigenvalue weighted by molar-refractivity contribution is -0.116. The van der Waals surface area contributed by atoms with E-state index in [-0.39, 0.29) is 12.1 Å². The number of hydrogen-bond acceptors (Lipinski definition) is 6. The van der Waals surface area contributed by atoms with Crippen LogP contribution in [-0.2, 0) is 24.4 Å².